The van der Waals surface area contributed by atoms with Crippen LogP contribution >= 0.6 is 0 Å². The minimum Gasteiger partial charge on any atom is -0.480 e. The summed E-state index contributed by atoms with van der Waals surface area (Å²) in [6.07, 6.45) is 0. The van der Waals surface area contributed by atoms with E-state index in [1.54, 1.807) is 11.8 Å². The summed E-state index contributed by atoms with van der Waals surface area (Å²) in [5.41, 5.74) is -0.859. The lowest BCUT2D eigenvalue weighted by atomic mass is 9.92. The van der Waals surface area contributed by atoms with Crippen molar-refractivity contribution in [2.24, 2.45) is 5.92 Å². The average Bonchev–Trinajstić information content (AvgIpc) is 2.12. The first kappa shape index (κ1) is 16.4. The quantitative estimate of drug-likeness (QED) is 0.646. The van der Waals surface area contributed by atoms with Crippen molar-refractivity contribution >= 4 is 5.97 Å². The first-order chi connectivity index (χ1) is 7.65. The van der Waals surface area contributed by atoms with Crippen molar-refractivity contribution in [1.29, 1.82) is 0 Å². The molecule has 0 heterocycles. The van der Waals surface area contributed by atoms with Crippen LogP contribution in [0.1, 0.15) is 20.8 Å². The summed E-state index contributed by atoms with van der Waals surface area (Å²) in [6.45, 7) is 7.39. The zero-order valence-electron chi connectivity index (χ0n) is 11.6. The third kappa shape index (κ3) is 7.31. The van der Waals surface area contributed by atoms with E-state index in [-0.39, 0.29) is 12.5 Å². The molecule has 0 fully saturated rings. The van der Waals surface area contributed by atoms with Gasteiger partial charge < -0.3 is 15.1 Å². The van der Waals surface area contributed by atoms with Crippen LogP contribution in [0.2, 0.25) is 0 Å². The molecular formula is C12H26N2O3. The molecule has 17 heavy (non-hydrogen) atoms. The van der Waals surface area contributed by atoms with E-state index in [9.17, 15) is 9.90 Å². The third-order valence-electron chi connectivity index (χ3n) is 3.01. The topological polar surface area (TPSA) is 64.0 Å². The Morgan fingerprint density at radius 1 is 1.29 bits per heavy atom. The van der Waals surface area contributed by atoms with Crippen molar-refractivity contribution in [3.8, 4) is 0 Å². The van der Waals surface area contributed by atoms with Crippen molar-refractivity contribution < 1.29 is 15.0 Å². The van der Waals surface area contributed by atoms with Gasteiger partial charge in [0.25, 0.3) is 0 Å². The van der Waals surface area contributed by atoms with Gasteiger partial charge in [-0.25, -0.2) is 0 Å². The Morgan fingerprint density at radius 3 is 2.18 bits per heavy atom. The Labute approximate surface area is 104 Å². The zero-order valence-corrected chi connectivity index (χ0v) is 11.6. The highest BCUT2D eigenvalue weighted by atomic mass is 16.4. The van der Waals surface area contributed by atoms with Gasteiger partial charge in [-0.3, -0.25) is 9.69 Å². The molecule has 0 amide bonds. The summed E-state index contributed by atoms with van der Waals surface area (Å²) in [5, 5.41) is 19.0. The first-order valence-electron chi connectivity index (χ1n) is 5.96. The van der Waals surface area contributed by atoms with Gasteiger partial charge in [0.15, 0.2) is 0 Å². The van der Waals surface area contributed by atoms with E-state index in [1.807, 2.05) is 32.8 Å². The van der Waals surface area contributed by atoms with Crippen LogP contribution in [0, 0.1) is 5.92 Å². The maximum Gasteiger partial charge on any atom is 0.317 e. The molecular weight excluding hydrogens is 220 g/mol. The van der Waals surface area contributed by atoms with Crippen LogP contribution < -0.4 is 0 Å². The van der Waals surface area contributed by atoms with Crippen molar-refractivity contribution in [1.82, 2.24) is 9.80 Å². The highest BCUT2D eigenvalue weighted by Gasteiger charge is 2.28. The molecule has 2 N–H and O–H groups in total. The molecule has 0 aromatic carbocycles. The van der Waals surface area contributed by atoms with E-state index in [2.05, 4.69) is 0 Å². The third-order valence-corrected chi connectivity index (χ3v) is 3.01. The van der Waals surface area contributed by atoms with E-state index in [1.165, 1.54) is 0 Å². The van der Waals surface area contributed by atoms with Gasteiger partial charge in [-0.05, 0) is 26.9 Å². The highest BCUT2D eigenvalue weighted by Crippen LogP contribution is 2.17. The number of hydrogen-bond acceptors (Lipinski definition) is 4. The molecule has 0 saturated carbocycles. The maximum atomic E-state index is 10.8. The fraction of sp³-hybridized carbons (Fsp3) is 0.917. The van der Waals surface area contributed by atoms with E-state index in [0.717, 1.165) is 6.54 Å². The normalized spacial score (nSPS) is 15.6. The van der Waals surface area contributed by atoms with Gasteiger partial charge in [-0.1, -0.05) is 13.8 Å². The van der Waals surface area contributed by atoms with Crippen LogP contribution in [0.25, 0.3) is 0 Å². The summed E-state index contributed by atoms with van der Waals surface area (Å²) in [7, 11) is 3.89. The number of carboxylic acid groups (broad SMARTS) is 1. The predicted octanol–water partition coefficient (Wildman–Crippen LogP) is 0.342. The van der Waals surface area contributed by atoms with E-state index in [0.29, 0.717) is 13.1 Å². The number of nitrogens with zero attached hydrogens (tertiary/aromatic N) is 2. The molecule has 0 aromatic heterocycles. The lowest BCUT2D eigenvalue weighted by Crippen LogP contribution is -2.47. The van der Waals surface area contributed by atoms with Gasteiger partial charge in [0.1, 0.15) is 0 Å². The Balaban J connectivity index is 4.42. The van der Waals surface area contributed by atoms with E-state index < -0.39 is 11.6 Å². The van der Waals surface area contributed by atoms with Crippen LogP contribution in [0.3, 0.4) is 0 Å². The number of aliphatic hydroxyl groups is 1. The highest BCUT2D eigenvalue weighted by molar-refractivity contribution is 5.69. The minimum atomic E-state index is -0.859. The second-order valence-corrected chi connectivity index (χ2v) is 5.42. The zero-order chi connectivity index (χ0) is 13.6. The lowest BCUT2D eigenvalue weighted by molar-refractivity contribution is -0.139. The van der Waals surface area contributed by atoms with Crippen molar-refractivity contribution in [3.05, 3.63) is 0 Å². The van der Waals surface area contributed by atoms with Gasteiger partial charge in [-0.2, -0.15) is 0 Å². The van der Waals surface area contributed by atoms with Gasteiger partial charge in [0.2, 0.25) is 0 Å². The Hall–Kier alpha value is -0.650. The fourth-order valence-corrected chi connectivity index (χ4v) is 1.38. The van der Waals surface area contributed by atoms with Gasteiger partial charge in [0.05, 0.1) is 12.1 Å². The molecule has 0 saturated heterocycles. The van der Waals surface area contributed by atoms with E-state index >= 15 is 0 Å². The summed E-state index contributed by atoms with van der Waals surface area (Å²) in [4.78, 5) is 14.6. The fourth-order valence-electron chi connectivity index (χ4n) is 1.38. The van der Waals surface area contributed by atoms with Crippen LogP contribution in [0.5, 0.6) is 0 Å². The maximum absolute atomic E-state index is 10.8. The molecule has 5 nitrogen and oxygen atoms in total. The van der Waals surface area contributed by atoms with Crippen LogP contribution in [-0.2, 0) is 4.79 Å². The Bertz CT molecular complexity index is 240. The molecule has 0 aromatic rings. The molecule has 0 aliphatic carbocycles. The first-order valence-corrected chi connectivity index (χ1v) is 5.96. The second-order valence-electron chi connectivity index (χ2n) is 5.42. The summed E-state index contributed by atoms with van der Waals surface area (Å²) in [5.74, 6) is -0.763. The van der Waals surface area contributed by atoms with Gasteiger partial charge >= 0.3 is 5.97 Å². The van der Waals surface area contributed by atoms with Crippen LogP contribution in [0.4, 0.5) is 0 Å². The molecule has 1 atom stereocenters. The predicted molar refractivity (Wildman–Crippen MR) is 68.1 cm³/mol. The van der Waals surface area contributed by atoms with Gasteiger partial charge in [-0.15, -0.1) is 0 Å². The number of rotatable bonds is 8. The smallest absolute Gasteiger partial charge is 0.317 e. The number of hydrogen-bond donors (Lipinski definition) is 2. The largest absolute Gasteiger partial charge is 0.480 e. The second kappa shape index (κ2) is 6.93. The molecule has 0 spiro atoms. The van der Waals surface area contributed by atoms with Crippen molar-refractivity contribution in [2.75, 3.05) is 40.3 Å². The minimum absolute atomic E-state index is 0.0310. The molecule has 0 bridgehead atoms. The standard InChI is InChI=1S/C12H26N2O3/c1-10(2)12(3,17)9-14(8-11(15)16)7-6-13(4)5/h10,17H,6-9H2,1-5H3,(H,15,16). The molecule has 0 rings (SSSR count). The number of aliphatic carboxylic acids is 1. The average molecular weight is 246 g/mol. The molecule has 0 aliphatic heterocycles. The summed E-state index contributed by atoms with van der Waals surface area (Å²) < 4.78 is 0. The van der Waals surface area contributed by atoms with Crippen molar-refractivity contribution in [3.63, 3.8) is 0 Å². The Morgan fingerprint density at radius 2 is 1.82 bits per heavy atom. The Kier molecular flexibility index (Phi) is 6.67. The summed E-state index contributed by atoms with van der Waals surface area (Å²) >= 11 is 0. The van der Waals surface area contributed by atoms with Gasteiger partial charge in [0, 0.05) is 19.6 Å². The number of carbonyl (C=O) groups is 1. The van der Waals surface area contributed by atoms with E-state index in [4.69, 9.17) is 5.11 Å². The van der Waals surface area contributed by atoms with Crippen LogP contribution in [-0.4, -0.2) is 71.9 Å². The molecule has 5 heteroatoms. The molecule has 0 radical (unpaired) electrons. The number of likely N-dealkylation sites (N-methyl/N-ethyl adjacent to an activating group) is 1. The number of carboxylic acids is 1. The SMILES string of the molecule is CC(C)C(C)(O)CN(CCN(C)C)CC(=O)O. The van der Waals surface area contributed by atoms with Crippen molar-refractivity contribution in [2.45, 2.75) is 26.4 Å². The molecule has 1 unspecified atom stereocenters. The summed E-state index contributed by atoms with van der Waals surface area (Å²) in [6, 6.07) is 0. The molecule has 102 valence electrons. The lowest BCUT2D eigenvalue weighted by Gasteiger charge is -2.34. The van der Waals surface area contributed by atoms with Crippen LogP contribution in [0.15, 0.2) is 0 Å². The molecule has 0 aliphatic rings. The monoisotopic (exact) mass is 246 g/mol.